The zero-order valence-corrected chi connectivity index (χ0v) is 9.68. The van der Waals surface area contributed by atoms with E-state index in [-0.39, 0.29) is 23.7 Å². The molecule has 0 amide bonds. The number of aromatic amines is 1. The number of halogens is 3. The molecule has 0 aliphatic rings. The van der Waals surface area contributed by atoms with Gasteiger partial charge in [0.25, 0.3) is 6.43 Å². The number of alkyl halides is 2. The smallest absolute Gasteiger partial charge is 0.310 e. The maximum Gasteiger partial charge on any atom is 0.310 e. The van der Waals surface area contributed by atoms with Crippen molar-refractivity contribution in [2.45, 2.75) is 19.8 Å². The number of rotatable bonds is 4. The third kappa shape index (κ3) is 3.52. The molecule has 0 spiro atoms. The van der Waals surface area contributed by atoms with Crippen LogP contribution in [-0.2, 0) is 16.0 Å². The van der Waals surface area contributed by atoms with Crippen molar-refractivity contribution in [3.63, 3.8) is 0 Å². The quantitative estimate of drug-likeness (QED) is 0.670. The summed E-state index contributed by atoms with van der Waals surface area (Å²) in [7, 11) is 0. The lowest BCUT2D eigenvalue weighted by atomic mass is 10.2. The maximum absolute atomic E-state index is 12.3. The molecule has 0 saturated heterocycles. The Morgan fingerprint density at radius 2 is 2.24 bits per heavy atom. The molecule has 17 heavy (non-hydrogen) atoms. The molecule has 0 aliphatic heterocycles. The molecule has 1 rings (SSSR count). The van der Waals surface area contributed by atoms with Crippen molar-refractivity contribution in [2.75, 3.05) is 6.61 Å². The van der Waals surface area contributed by atoms with Gasteiger partial charge in [-0.15, -0.1) is 0 Å². The van der Waals surface area contributed by atoms with Crippen LogP contribution in [0.2, 0.25) is 5.15 Å². The summed E-state index contributed by atoms with van der Waals surface area (Å²) >= 11 is 5.63. The number of aromatic nitrogens is 1. The van der Waals surface area contributed by atoms with E-state index in [9.17, 15) is 18.4 Å². The highest BCUT2D eigenvalue weighted by Crippen LogP contribution is 2.18. The van der Waals surface area contributed by atoms with Crippen LogP contribution in [0, 0.1) is 0 Å². The number of esters is 1. The highest BCUT2D eigenvalue weighted by atomic mass is 35.5. The lowest BCUT2D eigenvalue weighted by Crippen LogP contribution is -2.18. The van der Waals surface area contributed by atoms with Gasteiger partial charge in [0.15, 0.2) is 5.43 Å². The van der Waals surface area contributed by atoms with Gasteiger partial charge in [0.1, 0.15) is 5.15 Å². The van der Waals surface area contributed by atoms with Crippen LogP contribution in [0.3, 0.4) is 0 Å². The Hall–Kier alpha value is -1.43. The third-order valence-electron chi connectivity index (χ3n) is 1.96. The molecule has 0 fully saturated rings. The standard InChI is InChI=1S/C10H10ClF2NO3/c1-2-17-8(16)3-5-7(15)4-6(10(12)13)14-9(5)11/h4,10H,2-3H2,1H3,(H,14,15). The van der Waals surface area contributed by atoms with Crippen LogP contribution in [0.1, 0.15) is 24.6 Å². The lowest BCUT2D eigenvalue weighted by Gasteiger charge is -2.06. The minimum atomic E-state index is -2.82. The van der Waals surface area contributed by atoms with E-state index in [1.54, 1.807) is 6.92 Å². The van der Waals surface area contributed by atoms with Crippen molar-refractivity contribution in [2.24, 2.45) is 0 Å². The first-order valence-electron chi connectivity index (χ1n) is 4.81. The van der Waals surface area contributed by atoms with Gasteiger partial charge in [-0.25, -0.2) is 8.78 Å². The van der Waals surface area contributed by atoms with Crippen molar-refractivity contribution in [1.82, 2.24) is 4.98 Å². The molecule has 0 saturated carbocycles. The van der Waals surface area contributed by atoms with E-state index in [2.05, 4.69) is 9.72 Å². The summed E-state index contributed by atoms with van der Waals surface area (Å²) in [5, 5.41) is -0.263. The fourth-order valence-corrected chi connectivity index (χ4v) is 1.48. The molecule has 1 aromatic heterocycles. The van der Waals surface area contributed by atoms with Gasteiger partial charge >= 0.3 is 5.97 Å². The summed E-state index contributed by atoms with van der Waals surface area (Å²) < 4.78 is 29.3. The Balaban J connectivity index is 3.02. The summed E-state index contributed by atoms with van der Waals surface area (Å²) in [6.07, 6.45) is -3.16. The predicted octanol–water partition coefficient (Wildman–Crippen LogP) is 2.07. The summed E-state index contributed by atoms with van der Waals surface area (Å²) in [4.78, 5) is 24.8. The average molecular weight is 266 g/mol. The second-order valence-corrected chi connectivity index (χ2v) is 3.54. The van der Waals surface area contributed by atoms with Crippen molar-refractivity contribution >= 4 is 17.6 Å². The van der Waals surface area contributed by atoms with E-state index in [0.717, 1.165) is 6.07 Å². The number of hydrogen-bond donors (Lipinski definition) is 1. The molecular formula is C10H10ClF2NO3. The van der Waals surface area contributed by atoms with Gasteiger partial charge in [-0.3, -0.25) is 9.59 Å². The van der Waals surface area contributed by atoms with Crippen LogP contribution in [0.4, 0.5) is 8.78 Å². The van der Waals surface area contributed by atoms with Gasteiger partial charge < -0.3 is 9.72 Å². The Bertz CT molecular complexity index is 473. The molecule has 0 unspecified atom stereocenters. The summed E-state index contributed by atoms with van der Waals surface area (Å²) in [5.74, 6) is -0.635. The Morgan fingerprint density at radius 1 is 1.59 bits per heavy atom. The van der Waals surface area contributed by atoms with Gasteiger partial charge in [-0.1, -0.05) is 11.6 Å². The molecule has 94 valence electrons. The number of nitrogens with one attached hydrogen (secondary N) is 1. The van der Waals surface area contributed by atoms with E-state index in [1.165, 1.54) is 0 Å². The maximum atomic E-state index is 12.3. The van der Waals surface area contributed by atoms with Crippen molar-refractivity contribution in [1.29, 1.82) is 0 Å². The molecular weight excluding hydrogens is 256 g/mol. The molecule has 7 heteroatoms. The Labute approximate surface area is 101 Å². The monoisotopic (exact) mass is 265 g/mol. The fourth-order valence-electron chi connectivity index (χ4n) is 1.21. The van der Waals surface area contributed by atoms with Gasteiger partial charge in [0, 0.05) is 11.6 Å². The Kier molecular flexibility index (Phi) is 4.62. The van der Waals surface area contributed by atoms with E-state index in [4.69, 9.17) is 11.6 Å². The number of H-pyrrole nitrogens is 1. The van der Waals surface area contributed by atoms with Gasteiger partial charge in [-0.05, 0) is 6.92 Å². The molecule has 0 aliphatic carbocycles. The third-order valence-corrected chi connectivity index (χ3v) is 2.29. The molecule has 1 N–H and O–H groups in total. The normalized spacial score (nSPS) is 10.6. The van der Waals surface area contributed by atoms with Crippen molar-refractivity contribution in [3.8, 4) is 0 Å². The summed E-state index contributed by atoms with van der Waals surface area (Å²) in [6.45, 7) is 1.78. The number of ether oxygens (including phenoxy) is 1. The van der Waals surface area contributed by atoms with Gasteiger partial charge in [0.2, 0.25) is 0 Å². The predicted molar refractivity (Wildman–Crippen MR) is 57.4 cm³/mol. The van der Waals surface area contributed by atoms with Crippen LogP contribution in [0.15, 0.2) is 10.9 Å². The van der Waals surface area contributed by atoms with Crippen molar-refractivity contribution in [3.05, 3.63) is 32.7 Å². The molecule has 4 nitrogen and oxygen atoms in total. The molecule has 1 aromatic rings. The first-order chi connectivity index (χ1) is 7.95. The SMILES string of the molecule is CCOC(=O)Cc1c(Cl)[nH]c(C(F)F)cc1=O. The molecule has 0 bridgehead atoms. The molecule has 0 atom stereocenters. The first-order valence-corrected chi connectivity index (χ1v) is 5.18. The van der Waals surface area contributed by atoms with E-state index >= 15 is 0 Å². The largest absolute Gasteiger partial charge is 0.466 e. The minimum absolute atomic E-state index is 0.0745. The molecule has 0 aromatic carbocycles. The summed E-state index contributed by atoms with van der Waals surface area (Å²) in [6, 6.07) is 0.727. The average Bonchev–Trinajstić information content (AvgIpc) is 2.23. The van der Waals surface area contributed by atoms with Crippen LogP contribution in [-0.4, -0.2) is 17.6 Å². The zero-order valence-electron chi connectivity index (χ0n) is 8.93. The van der Waals surface area contributed by atoms with Gasteiger partial charge in [0.05, 0.1) is 18.7 Å². The van der Waals surface area contributed by atoms with E-state index < -0.39 is 23.5 Å². The van der Waals surface area contributed by atoms with Gasteiger partial charge in [-0.2, -0.15) is 0 Å². The Morgan fingerprint density at radius 3 is 2.71 bits per heavy atom. The van der Waals surface area contributed by atoms with Crippen LogP contribution < -0.4 is 5.43 Å². The van der Waals surface area contributed by atoms with E-state index in [0.29, 0.717) is 0 Å². The number of hydrogen-bond acceptors (Lipinski definition) is 3. The van der Waals surface area contributed by atoms with E-state index in [1.807, 2.05) is 0 Å². The fraction of sp³-hybridized carbons (Fsp3) is 0.400. The number of carbonyl (C=O) groups is 1. The molecule has 1 heterocycles. The second kappa shape index (κ2) is 5.77. The topological polar surface area (TPSA) is 59.2 Å². The number of carbonyl (C=O) groups excluding carboxylic acids is 1. The van der Waals surface area contributed by atoms with Crippen molar-refractivity contribution < 1.29 is 18.3 Å². The zero-order chi connectivity index (χ0) is 13.0. The highest BCUT2D eigenvalue weighted by Gasteiger charge is 2.16. The van der Waals surface area contributed by atoms with Crippen LogP contribution in [0.25, 0.3) is 0 Å². The lowest BCUT2D eigenvalue weighted by molar-refractivity contribution is -0.142. The highest BCUT2D eigenvalue weighted by molar-refractivity contribution is 6.30. The summed E-state index contributed by atoms with van der Waals surface area (Å²) in [5.41, 5.74) is -1.36. The van der Waals surface area contributed by atoms with Crippen LogP contribution in [0.5, 0.6) is 0 Å². The van der Waals surface area contributed by atoms with Crippen LogP contribution >= 0.6 is 11.6 Å². The first kappa shape index (κ1) is 13.6. The second-order valence-electron chi connectivity index (χ2n) is 3.16. The minimum Gasteiger partial charge on any atom is -0.466 e. The number of pyridine rings is 1. The molecule has 0 radical (unpaired) electrons.